The van der Waals surface area contributed by atoms with Crippen LogP contribution in [0.15, 0.2) is 47.2 Å². The van der Waals surface area contributed by atoms with Crippen molar-refractivity contribution in [3.63, 3.8) is 0 Å². The molecule has 0 aliphatic carbocycles. The van der Waals surface area contributed by atoms with Crippen LogP contribution in [0.25, 0.3) is 0 Å². The molecule has 0 aromatic heterocycles. The lowest BCUT2D eigenvalue weighted by Gasteiger charge is -2.25. The number of amides is 2. The maximum atomic E-state index is 13.0. The maximum absolute atomic E-state index is 13.0. The molecule has 0 spiro atoms. The summed E-state index contributed by atoms with van der Waals surface area (Å²) in [5, 5.41) is 12.1. The standard InChI is InChI=1S/C19H16F3N3O5S/c1-11-15(8-23)17(26)25(13-6-7-31(28,29)10-13)18(27)16(11)9-24-12-2-4-14(5-3-12)30-19(20,21)22/h2-5,9,13,24H,6-7,10H2,1H3/p+1/b16-9+/t13-/m1/s1. The Kier molecular flexibility index (Phi) is 5.93. The minimum atomic E-state index is -4.83. The number of sulfone groups is 1. The summed E-state index contributed by atoms with van der Waals surface area (Å²) in [6.07, 6.45) is -3.47. The maximum Gasteiger partial charge on any atom is 0.573 e. The van der Waals surface area contributed by atoms with Crippen molar-refractivity contribution in [2.45, 2.75) is 25.7 Å². The molecule has 164 valence electrons. The average molecular weight is 456 g/mol. The van der Waals surface area contributed by atoms with Crippen molar-refractivity contribution < 1.29 is 40.8 Å². The molecule has 31 heavy (non-hydrogen) atoms. The molecule has 2 aliphatic rings. The van der Waals surface area contributed by atoms with Crippen LogP contribution in [0.2, 0.25) is 0 Å². The molecule has 2 amide bonds. The first-order chi connectivity index (χ1) is 14.4. The van der Waals surface area contributed by atoms with Gasteiger partial charge in [-0.2, -0.15) is 10.2 Å². The summed E-state index contributed by atoms with van der Waals surface area (Å²) in [5.74, 6) is -2.34. The van der Waals surface area contributed by atoms with Crippen molar-refractivity contribution in [2.24, 2.45) is 0 Å². The second-order valence-corrected chi connectivity index (χ2v) is 9.29. The van der Waals surface area contributed by atoms with Gasteiger partial charge in [-0.25, -0.2) is 18.0 Å². The molecular weight excluding hydrogens is 439 g/mol. The van der Waals surface area contributed by atoms with E-state index in [1.54, 1.807) is 6.07 Å². The fourth-order valence-corrected chi connectivity index (χ4v) is 5.23. The number of anilines is 1. The van der Waals surface area contributed by atoms with Gasteiger partial charge in [0.05, 0.1) is 5.75 Å². The van der Waals surface area contributed by atoms with Crippen LogP contribution in [-0.2, 0) is 19.4 Å². The van der Waals surface area contributed by atoms with Gasteiger partial charge in [0.15, 0.2) is 15.4 Å². The van der Waals surface area contributed by atoms with E-state index in [0.29, 0.717) is 5.69 Å². The highest BCUT2D eigenvalue weighted by atomic mass is 32.2. The summed E-state index contributed by atoms with van der Waals surface area (Å²) in [7, 11) is -3.37. The summed E-state index contributed by atoms with van der Waals surface area (Å²) in [6, 6.07) is 5.71. The van der Waals surface area contributed by atoms with Crippen molar-refractivity contribution >= 4 is 27.3 Å². The van der Waals surface area contributed by atoms with Gasteiger partial charge in [-0.1, -0.05) is 0 Å². The van der Waals surface area contributed by atoms with Crippen LogP contribution >= 0.6 is 0 Å². The molecule has 1 aromatic rings. The first-order valence-corrected chi connectivity index (χ1v) is 10.8. The molecule has 2 atom stereocenters. The van der Waals surface area contributed by atoms with E-state index >= 15 is 0 Å². The zero-order valence-corrected chi connectivity index (χ0v) is 16.9. The number of benzene rings is 1. The topological polar surface area (TPSA) is 118 Å². The Labute approximate surface area is 175 Å². The number of rotatable bonds is 4. The number of nitriles is 1. The molecule has 1 fully saturated rings. The largest absolute Gasteiger partial charge is 0.573 e. The van der Waals surface area contributed by atoms with Crippen LogP contribution in [-0.4, -0.2) is 44.1 Å². The lowest BCUT2D eigenvalue weighted by molar-refractivity contribution is -0.761. The SMILES string of the molecule is CC1=C(C#N)C(=O)[NH+]([C@@H]2CCS(=O)(=O)C2)C(=O)/C1=C/Nc1ccc(OC(F)(F)F)cc1. The number of ether oxygens (including phenoxy) is 1. The summed E-state index contributed by atoms with van der Waals surface area (Å²) in [4.78, 5) is 25.4. The van der Waals surface area contributed by atoms with Gasteiger partial charge in [0, 0.05) is 18.3 Å². The Balaban J connectivity index is 1.87. The number of quaternary nitrogens is 1. The molecule has 0 saturated carbocycles. The van der Waals surface area contributed by atoms with E-state index in [1.807, 2.05) is 0 Å². The number of imide groups is 1. The predicted octanol–water partition coefficient (Wildman–Crippen LogP) is 0.860. The van der Waals surface area contributed by atoms with Gasteiger partial charge in [0.1, 0.15) is 29.2 Å². The minimum Gasteiger partial charge on any atom is -0.406 e. The molecule has 3 rings (SSSR count). The van der Waals surface area contributed by atoms with E-state index in [1.165, 1.54) is 25.3 Å². The number of carbonyl (C=O) groups excluding carboxylic acids is 2. The van der Waals surface area contributed by atoms with Crippen LogP contribution in [0.1, 0.15) is 13.3 Å². The van der Waals surface area contributed by atoms with Gasteiger partial charge >= 0.3 is 18.2 Å². The normalized spacial score (nSPS) is 24.9. The molecule has 8 nitrogen and oxygen atoms in total. The summed E-state index contributed by atoms with van der Waals surface area (Å²) >= 11 is 0. The quantitative estimate of drug-likeness (QED) is 0.510. The van der Waals surface area contributed by atoms with Crippen molar-refractivity contribution in [1.82, 2.24) is 0 Å². The lowest BCUT2D eigenvalue weighted by atomic mass is 9.94. The third-order valence-corrected chi connectivity index (χ3v) is 6.73. The van der Waals surface area contributed by atoms with Crippen LogP contribution in [0.5, 0.6) is 5.75 Å². The molecule has 1 aromatic carbocycles. The molecule has 0 radical (unpaired) electrons. The van der Waals surface area contributed by atoms with E-state index in [-0.39, 0.29) is 39.5 Å². The summed E-state index contributed by atoms with van der Waals surface area (Å²) < 4.78 is 64.1. The first kappa shape index (κ1) is 22.5. The Morgan fingerprint density at radius 1 is 1.23 bits per heavy atom. The van der Waals surface area contributed by atoms with E-state index in [0.717, 1.165) is 12.1 Å². The molecule has 1 unspecified atom stereocenters. The number of hydrogen-bond acceptors (Lipinski definition) is 7. The molecule has 1 saturated heterocycles. The van der Waals surface area contributed by atoms with E-state index < -0.39 is 39.8 Å². The number of carbonyl (C=O) groups is 2. The summed E-state index contributed by atoms with van der Waals surface area (Å²) in [6.45, 7) is 1.42. The van der Waals surface area contributed by atoms with Gasteiger partial charge in [0.2, 0.25) is 0 Å². The van der Waals surface area contributed by atoms with Crippen molar-refractivity contribution in [3.8, 4) is 11.8 Å². The fraction of sp³-hybridized carbons (Fsp3) is 0.316. The molecule has 2 heterocycles. The van der Waals surface area contributed by atoms with Gasteiger partial charge < -0.3 is 10.1 Å². The zero-order chi connectivity index (χ0) is 23.0. The lowest BCUT2D eigenvalue weighted by Crippen LogP contribution is -3.21. The number of halogens is 3. The smallest absolute Gasteiger partial charge is 0.406 e. The Bertz CT molecular complexity index is 1130. The summed E-state index contributed by atoms with van der Waals surface area (Å²) in [5.41, 5.74) is 0.210. The van der Waals surface area contributed by atoms with E-state index in [9.17, 15) is 36.4 Å². The zero-order valence-electron chi connectivity index (χ0n) is 16.1. The second kappa shape index (κ2) is 8.16. The third-order valence-electron chi connectivity index (χ3n) is 4.96. The highest BCUT2D eigenvalue weighted by Crippen LogP contribution is 2.25. The van der Waals surface area contributed by atoms with Gasteiger partial charge in [-0.05, 0) is 36.8 Å². The Morgan fingerprint density at radius 2 is 1.87 bits per heavy atom. The third kappa shape index (κ3) is 4.95. The van der Waals surface area contributed by atoms with Crippen LogP contribution in [0.4, 0.5) is 18.9 Å². The van der Waals surface area contributed by atoms with Crippen molar-refractivity contribution in [1.29, 1.82) is 5.26 Å². The average Bonchev–Trinajstić information content (AvgIpc) is 3.01. The van der Waals surface area contributed by atoms with Crippen molar-refractivity contribution in [2.75, 3.05) is 16.8 Å². The highest BCUT2D eigenvalue weighted by molar-refractivity contribution is 7.91. The van der Waals surface area contributed by atoms with E-state index in [4.69, 9.17) is 0 Å². The van der Waals surface area contributed by atoms with Crippen LogP contribution in [0, 0.1) is 11.3 Å². The highest BCUT2D eigenvalue weighted by Gasteiger charge is 2.48. The van der Waals surface area contributed by atoms with Crippen LogP contribution in [0.3, 0.4) is 0 Å². The Morgan fingerprint density at radius 3 is 2.39 bits per heavy atom. The predicted molar refractivity (Wildman–Crippen MR) is 101 cm³/mol. The monoisotopic (exact) mass is 456 g/mol. The van der Waals surface area contributed by atoms with Gasteiger partial charge in [0.25, 0.3) is 0 Å². The minimum absolute atomic E-state index is 0.00562. The fourth-order valence-electron chi connectivity index (χ4n) is 3.47. The second-order valence-electron chi connectivity index (χ2n) is 7.06. The molecule has 2 N–H and O–H groups in total. The number of nitrogens with zero attached hydrogens (tertiary/aromatic N) is 1. The first-order valence-electron chi connectivity index (χ1n) is 9.02. The van der Waals surface area contributed by atoms with Crippen molar-refractivity contribution in [3.05, 3.63) is 47.2 Å². The number of nitrogens with one attached hydrogen (secondary N) is 2. The number of alkyl halides is 3. The van der Waals surface area contributed by atoms with Crippen LogP contribution < -0.4 is 15.0 Å². The molecule has 0 bridgehead atoms. The van der Waals surface area contributed by atoms with Gasteiger partial charge in [-0.3, -0.25) is 0 Å². The molecular formula is C19H17F3N3O5S+. The van der Waals surface area contributed by atoms with Gasteiger partial charge in [-0.15, -0.1) is 13.2 Å². The Hall–Kier alpha value is -3.17. The molecule has 12 heteroatoms. The van der Waals surface area contributed by atoms with E-state index in [2.05, 4.69) is 10.1 Å². The number of hydrogen-bond donors (Lipinski definition) is 2. The molecule has 2 aliphatic heterocycles.